The zero-order valence-electron chi connectivity index (χ0n) is 18.0. The van der Waals surface area contributed by atoms with E-state index in [4.69, 9.17) is 11.1 Å². The molecule has 0 aliphatic heterocycles. The van der Waals surface area contributed by atoms with E-state index in [1.807, 2.05) is 0 Å². The maximum atomic E-state index is 7.81. The number of hydrogen-bond acceptors (Lipinski definition) is 3. The number of benzene rings is 1. The van der Waals surface area contributed by atoms with Crippen molar-refractivity contribution in [3.05, 3.63) is 35.7 Å². The van der Waals surface area contributed by atoms with Gasteiger partial charge in [-0.05, 0) is 37.3 Å². The van der Waals surface area contributed by atoms with Crippen molar-refractivity contribution in [2.24, 2.45) is 5.73 Å². The van der Waals surface area contributed by atoms with Gasteiger partial charge in [-0.2, -0.15) is 5.10 Å². The molecule has 0 unspecified atom stereocenters. The van der Waals surface area contributed by atoms with Gasteiger partial charge in [0.2, 0.25) is 0 Å². The molecule has 1 aromatic carbocycles. The smallest absolute Gasteiger partial charge is 0.181 e. The Kier molecular flexibility index (Phi) is 7.84. The predicted octanol–water partition coefficient (Wildman–Crippen LogP) is 5.90. The average Bonchev–Trinajstić information content (AvgIpc) is 3.40. The molecule has 0 atom stereocenters. The van der Waals surface area contributed by atoms with E-state index >= 15 is 0 Å². The number of rotatable bonds is 14. The average molecular weight is 396 g/mol. The molecule has 3 rings (SSSR count). The maximum absolute atomic E-state index is 7.81. The minimum atomic E-state index is -0.390. The summed E-state index contributed by atoms with van der Waals surface area (Å²) in [7, 11) is 0. The highest BCUT2D eigenvalue weighted by atomic mass is 15.2. The molecule has 29 heavy (non-hydrogen) atoms. The van der Waals surface area contributed by atoms with Gasteiger partial charge in [-0.1, -0.05) is 82.9 Å². The van der Waals surface area contributed by atoms with Crippen LogP contribution in [0.4, 0.5) is 0 Å². The van der Waals surface area contributed by atoms with Crippen molar-refractivity contribution in [3.63, 3.8) is 0 Å². The molecule has 1 aliphatic carbocycles. The summed E-state index contributed by atoms with van der Waals surface area (Å²) in [5.41, 5.74) is 7.75. The van der Waals surface area contributed by atoms with Crippen LogP contribution in [0.3, 0.4) is 0 Å². The van der Waals surface area contributed by atoms with E-state index in [0.717, 1.165) is 30.7 Å². The molecule has 1 aromatic heterocycles. The van der Waals surface area contributed by atoms with Gasteiger partial charge in [-0.25, -0.2) is 4.98 Å². The van der Waals surface area contributed by atoms with Gasteiger partial charge < -0.3 is 5.73 Å². The summed E-state index contributed by atoms with van der Waals surface area (Å²) in [6, 6.07) is 8.55. The first-order valence-corrected chi connectivity index (χ1v) is 11.5. The van der Waals surface area contributed by atoms with E-state index in [1.54, 1.807) is 0 Å². The largest absolute Gasteiger partial charge is 0.387 e. The SMILES string of the molecule is CCCCCCCCCCCCc1cccc(-c2n[nH]c(C3(C(=N)N)CC3)n2)c1. The first-order chi connectivity index (χ1) is 14.2. The second-order valence-corrected chi connectivity index (χ2v) is 8.64. The number of nitrogens with zero attached hydrogens (tertiary/aromatic N) is 2. The lowest BCUT2D eigenvalue weighted by atomic mass is 10.0. The Labute approximate surface area is 175 Å². The molecular weight excluding hydrogens is 358 g/mol. The van der Waals surface area contributed by atoms with E-state index in [-0.39, 0.29) is 5.84 Å². The van der Waals surface area contributed by atoms with Gasteiger partial charge in [0, 0.05) is 5.56 Å². The molecule has 1 fully saturated rings. The molecule has 5 nitrogen and oxygen atoms in total. The van der Waals surface area contributed by atoms with E-state index in [2.05, 4.69) is 46.4 Å². The number of aryl methyl sites for hydroxylation is 1. The highest BCUT2D eigenvalue weighted by molar-refractivity contribution is 5.91. The van der Waals surface area contributed by atoms with E-state index in [9.17, 15) is 0 Å². The summed E-state index contributed by atoms with van der Waals surface area (Å²) in [5.74, 6) is 1.63. The fraction of sp³-hybridized carbons (Fsp3) is 0.625. The van der Waals surface area contributed by atoms with Crippen LogP contribution in [0.2, 0.25) is 0 Å². The molecule has 158 valence electrons. The monoisotopic (exact) mass is 395 g/mol. The molecule has 1 aliphatic rings. The summed E-state index contributed by atoms with van der Waals surface area (Å²) in [4.78, 5) is 4.65. The Morgan fingerprint density at radius 2 is 1.69 bits per heavy atom. The number of aromatic amines is 1. The summed E-state index contributed by atoms with van der Waals surface area (Å²) >= 11 is 0. The molecule has 4 N–H and O–H groups in total. The number of hydrogen-bond donors (Lipinski definition) is 3. The number of H-pyrrole nitrogens is 1. The van der Waals surface area contributed by atoms with Crippen LogP contribution < -0.4 is 5.73 Å². The van der Waals surface area contributed by atoms with E-state index < -0.39 is 5.41 Å². The Morgan fingerprint density at radius 1 is 1.03 bits per heavy atom. The zero-order valence-corrected chi connectivity index (χ0v) is 18.0. The molecule has 0 bridgehead atoms. The normalized spacial score (nSPS) is 14.8. The summed E-state index contributed by atoms with van der Waals surface area (Å²) in [5, 5.41) is 15.2. The van der Waals surface area contributed by atoms with Gasteiger partial charge in [0.25, 0.3) is 0 Å². The molecule has 0 spiro atoms. The van der Waals surface area contributed by atoms with Crippen LogP contribution in [0.5, 0.6) is 0 Å². The topological polar surface area (TPSA) is 91.4 Å². The van der Waals surface area contributed by atoms with E-state index in [1.165, 1.54) is 69.8 Å². The molecule has 5 heteroatoms. The maximum Gasteiger partial charge on any atom is 0.181 e. The summed E-state index contributed by atoms with van der Waals surface area (Å²) in [6.07, 6.45) is 16.5. The highest BCUT2D eigenvalue weighted by Crippen LogP contribution is 2.46. The molecular formula is C24H37N5. The Bertz CT molecular complexity index is 775. The number of aromatic nitrogens is 3. The second kappa shape index (κ2) is 10.6. The number of unbranched alkanes of at least 4 members (excludes halogenated alkanes) is 9. The molecule has 0 radical (unpaired) electrons. The zero-order chi connectivity index (χ0) is 20.5. The van der Waals surface area contributed by atoms with Gasteiger partial charge in [0.05, 0.1) is 5.41 Å². The van der Waals surface area contributed by atoms with Crippen LogP contribution in [-0.4, -0.2) is 21.0 Å². The fourth-order valence-electron chi connectivity index (χ4n) is 4.05. The first-order valence-electron chi connectivity index (χ1n) is 11.5. The molecule has 1 heterocycles. The Hall–Kier alpha value is -2.17. The minimum absolute atomic E-state index is 0.190. The van der Waals surface area contributed by atoms with Crippen molar-refractivity contribution in [1.82, 2.24) is 15.2 Å². The van der Waals surface area contributed by atoms with Gasteiger partial charge in [-0.3, -0.25) is 10.5 Å². The highest BCUT2D eigenvalue weighted by Gasteiger charge is 2.50. The van der Waals surface area contributed by atoms with Crippen LogP contribution in [0.15, 0.2) is 24.3 Å². The van der Waals surface area contributed by atoms with Crippen LogP contribution in [-0.2, 0) is 11.8 Å². The molecule has 1 saturated carbocycles. The third-order valence-corrected chi connectivity index (χ3v) is 6.21. The Morgan fingerprint density at radius 3 is 2.31 bits per heavy atom. The third-order valence-electron chi connectivity index (χ3n) is 6.21. The second-order valence-electron chi connectivity index (χ2n) is 8.64. The number of nitrogens with one attached hydrogen (secondary N) is 2. The van der Waals surface area contributed by atoms with Crippen LogP contribution in [0, 0.1) is 5.41 Å². The standard InChI is InChI=1S/C24H37N5/c1-2-3-4-5-6-7-8-9-10-11-13-19-14-12-15-20(18-19)21-27-23(29-28-21)24(16-17-24)22(25)26/h12,14-15,18H,2-11,13,16-17H2,1H3,(H3,25,26)(H,27,28,29). The van der Waals surface area contributed by atoms with Crippen LogP contribution in [0.25, 0.3) is 11.4 Å². The number of nitrogens with two attached hydrogens (primary N) is 1. The minimum Gasteiger partial charge on any atom is -0.387 e. The van der Waals surface area contributed by atoms with Crippen molar-refractivity contribution in [2.75, 3.05) is 0 Å². The summed E-state index contributed by atoms with van der Waals surface area (Å²) in [6.45, 7) is 2.27. The van der Waals surface area contributed by atoms with Crippen molar-refractivity contribution < 1.29 is 0 Å². The van der Waals surface area contributed by atoms with Gasteiger partial charge >= 0.3 is 0 Å². The van der Waals surface area contributed by atoms with Crippen LogP contribution >= 0.6 is 0 Å². The van der Waals surface area contributed by atoms with Gasteiger partial charge in [-0.15, -0.1) is 0 Å². The molecule has 0 saturated heterocycles. The first kappa shape index (κ1) is 21.5. The Balaban J connectivity index is 1.40. The number of amidine groups is 1. The van der Waals surface area contributed by atoms with Crippen LogP contribution in [0.1, 0.15) is 95.4 Å². The predicted molar refractivity (Wildman–Crippen MR) is 120 cm³/mol. The van der Waals surface area contributed by atoms with Crippen molar-refractivity contribution in [1.29, 1.82) is 5.41 Å². The summed E-state index contributed by atoms with van der Waals surface area (Å²) < 4.78 is 0. The lowest BCUT2D eigenvalue weighted by Crippen LogP contribution is -2.28. The van der Waals surface area contributed by atoms with Gasteiger partial charge in [0.1, 0.15) is 11.7 Å². The van der Waals surface area contributed by atoms with Crippen molar-refractivity contribution in [3.8, 4) is 11.4 Å². The third kappa shape index (κ3) is 5.91. The fourth-order valence-corrected chi connectivity index (χ4v) is 4.05. The lowest BCUT2D eigenvalue weighted by molar-refractivity contribution is 0.556. The quantitative estimate of drug-likeness (QED) is 0.211. The molecule has 0 amide bonds. The molecule has 2 aromatic rings. The lowest BCUT2D eigenvalue weighted by Gasteiger charge is -2.08. The van der Waals surface area contributed by atoms with E-state index in [0.29, 0.717) is 5.82 Å². The van der Waals surface area contributed by atoms with Gasteiger partial charge in [0.15, 0.2) is 5.82 Å². The van der Waals surface area contributed by atoms with Crippen molar-refractivity contribution >= 4 is 5.84 Å². The van der Waals surface area contributed by atoms with Crippen molar-refractivity contribution in [2.45, 2.75) is 95.8 Å².